The lowest BCUT2D eigenvalue weighted by molar-refractivity contribution is 0.0688. The molecular formula is C13H13BrN2O3. The summed E-state index contributed by atoms with van der Waals surface area (Å²) in [6.07, 6.45) is 0. The molecule has 6 heteroatoms. The van der Waals surface area contributed by atoms with Crippen LogP contribution in [0.15, 0.2) is 28.7 Å². The summed E-state index contributed by atoms with van der Waals surface area (Å²) >= 11 is 3.29. The minimum Gasteiger partial charge on any atom is -0.494 e. The van der Waals surface area contributed by atoms with Crippen molar-refractivity contribution in [1.82, 2.24) is 9.78 Å². The number of aryl methyl sites for hydroxylation is 1. The average molecular weight is 325 g/mol. The molecule has 0 atom stereocenters. The Hall–Kier alpha value is -1.82. The zero-order chi connectivity index (χ0) is 14.0. The number of ether oxygens (including phenoxy) is 1. The summed E-state index contributed by atoms with van der Waals surface area (Å²) in [5, 5.41) is 13.0. The van der Waals surface area contributed by atoms with Gasteiger partial charge in [0.1, 0.15) is 5.75 Å². The zero-order valence-corrected chi connectivity index (χ0v) is 12.1. The lowest BCUT2D eigenvalue weighted by atomic mass is 10.1. The Labute approximate surface area is 118 Å². The van der Waals surface area contributed by atoms with Crippen LogP contribution in [0.4, 0.5) is 0 Å². The molecule has 1 aromatic heterocycles. The van der Waals surface area contributed by atoms with Gasteiger partial charge in [-0.05, 0) is 47.1 Å². The molecule has 0 saturated carbocycles. The number of carboxylic acid groups (broad SMARTS) is 1. The van der Waals surface area contributed by atoms with Crippen LogP contribution in [0, 0.1) is 0 Å². The van der Waals surface area contributed by atoms with Crippen molar-refractivity contribution in [2.24, 2.45) is 7.05 Å². The SMILES string of the molecule is CCOc1ccc(-c2c(Br)c(C(=O)O)nn2C)cc1. The van der Waals surface area contributed by atoms with Crippen molar-refractivity contribution in [2.75, 3.05) is 6.61 Å². The smallest absolute Gasteiger partial charge is 0.357 e. The van der Waals surface area contributed by atoms with E-state index in [9.17, 15) is 4.79 Å². The number of carbonyl (C=O) groups is 1. The summed E-state index contributed by atoms with van der Waals surface area (Å²) in [4.78, 5) is 11.0. The molecule has 0 aliphatic heterocycles. The van der Waals surface area contributed by atoms with Crippen LogP contribution in [0.2, 0.25) is 0 Å². The number of benzene rings is 1. The van der Waals surface area contributed by atoms with Gasteiger partial charge >= 0.3 is 5.97 Å². The number of halogens is 1. The first-order valence-corrected chi connectivity index (χ1v) is 6.53. The zero-order valence-electron chi connectivity index (χ0n) is 10.6. The highest BCUT2D eigenvalue weighted by molar-refractivity contribution is 9.10. The van der Waals surface area contributed by atoms with Gasteiger partial charge in [-0.2, -0.15) is 5.10 Å². The first-order valence-electron chi connectivity index (χ1n) is 5.73. The van der Waals surface area contributed by atoms with Crippen molar-refractivity contribution in [1.29, 1.82) is 0 Å². The van der Waals surface area contributed by atoms with E-state index in [-0.39, 0.29) is 5.69 Å². The van der Waals surface area contributed by atoms with E-state index < -0.39 is 5.97 Å². The molecule has 0 spiro atoms. The van der Waals surface area contributed by atoms with Gasteiger partial charge in [-0.3, -0.25) is 4.68 Å². The third-order valence-electron chi connectivity index (χ3n) is 2.63. The molecule has 100 valence electrons. The standard InChI is InChI=1S/C13H13BrN2O3/c1-3-19-9-6-4-8(5-7-9)12-10(14)11(13(17)18)15-16(12)2/h4-7H,3H2,1-2H3,(H,17,18). The van der Waals surface area contributed by atoms with Crippen LogP contribution in [-0.2, 0) is 7.05 Å². The summed E-state index contributed by atoms with van der Waals surface area (Å²) in [7, 11) is 1.71. The first-order chi connectivity index (χ1) is 9.04. The van der Waals surface area contributed by atoms with Crippen molar-refractivity contribution in [3.05, 3.63) is 34.4 Å². The normalized spacial score (nSPS) is 10.5. The van der Waals surface area contributed by atoms with Crippen LogP contribution >= 0.6 is 15.9 Å². The van der Waals surface area contributed by atoms with Crippen LogP contribution in [0.25, 0.3) is 11.3 Å². The van der Waals surface area contributed by atoms with E-state index in [0.29, 0.717) is 11.1 Å². The van der Waals surface area contributed by atoms with E-state index in [0.717, 1.165) is 17.0 Å². The second-order valence-electron chi connectivity index (χ2n) is 3.90. The van der Waals surface area contributed by atoms with Gasteiger partial charge in [0.2, 0.25) is 0 Å². The van der Waals surface area contributed by atoms with Crippen molar-refractivity contribution >= 4 is 21.9 Å². The molecule has 0 saturated heterocycles. The van der Waals surface area contributed by atoms with Crippen LogP contribution in [0.3, 0.4) is 0 Å². The molecule has 2 aromatic rings. The molecule has 1 heterocycles. The highest BCUT2D eigenvalue weighted by Crippen LogP contribution is 2.31. The number of hydrogen-bond donors (Lipinski definition) is 1. The van der Waals surface area contributed by atoms with Gasteiger partial charge in [0.15, 0.2) is 5.69 Å². The second-order valence-corrected chi connectivity index (χ2v) is 4.69. The fourth-order valence-electron chi connectivity index (χ4n) is 1.82. The maximum atomic E-state index is 11.0. The number of hydrogen-bond acceptors (Lipinski definition) is 3. The van der Waals surface area contributed by atoms with E-state index in [1.165, 1.54) is 0 Å². The molecule has 0 bridgehead atoms. The summed E-state index contributed by atoms with van der Waals surface area (Å²) in [6, 6.07) is 7.44. The second kappa shape index (κ2) is 5.44. The fraction of sp³-hybridized carbons (Fsp3) is 0.231. The Morgan fingerprint density at radius 3 is 2.53 bits per heavy atom. The molecule has 0 aliphatic rings. The van der Waals surface area contributed by atoms with Crippen molar-refractivity contribution < 1.29 is 14.6 Å². The predicted molar refractivity (Wildman–Crippen MR) is 74.5 cm³/mol. The number of aromatic carboxylic acids is 1. The third kappa shape index (κ3) is 2.63. The van der Waals surface area contributed by atoms with E-state index >= 15 is 0 Å². The molecular weight excluding hydrogens is 312 g/mol. The first kappa shape index (κ1) is 13.6. The Bertz CT molecular complexity index is 605. The van der Waals surface area contributed by atoms with E-state index in [1.54, 1.807) is 11.7 Å². The molecule has 2 rings (SSSR count). The molecule has 0 fully saturated rings. The summed E-state index contributed by atoms with van der Waals surface area (Å²) in [6.45, 7) is 2.53. The molecule has 0 radical (unpaired) electrons. The van der Waals surface area contributed by atoms with Gasteiger partial charge in [-0.1, -0.05) is 0 Å². The van der Waals surface area contributed by atoms with E-state index in [2.05, 4.69) is 21.0 Å². The van der Waals surface area contributed by atoms with Crippen LogP contribution in [0.5, 0.6) is 5.75 Å². The Balaban J connectivity index is 2.44. The Morgan fingerprint density at radius 1 is 1.42 bits per heavy atom. The quantitative estimate of drug-likeness (QED) is 0.939. The predicted octanol–water partition coefficient (Wildman–Crippen LogP) is 2.95. The summed E-state index contributed by atoms with van der Waals surface area (Å²) < 4.78 is 7.40. The highest BCUT2D eigenvalue weighted by atomic mass is 79.9. The maximum Gasteiger partial charge on any atom is 0.357 e. The Morgan fingerprint density at radius 2 is 2.05 bits per heavy atom. The average Bonchev–Trinajstić information content (AvgIpc) is 2.67. The topological polar surface area (TPSA) is 64.3 Å². The van der Waals surface area contributed by atoms with Gasteiger partial charge < -0.3 is 9.84 Å². The molecule has 1 N–H and O–H groups in total. The van der Waals surface area contributed by atoms with Crippen molar-refractivity contribution in [2.45, 2.75) is 6.92 Å². The number of carboxylic acids is 1. The number of aromatic nitrogens is 2. The Kier molecular flexibility index (Phi) is 3.90. The van der Waals surface area contributed by atoms with Crippen molar-refractivity contribution in [3.63, 3.8) is 0 Å². The molecule has 5 nitrogen and oxygen atoms in total. The lowest BCUT2D eigenvalue weighted by Gasteiger charge is -2.06. The summed E-state index contributed by atoms with van der Waals surface area (Å²) in [5.74, 6) is -0.275. The third-order valence-corrected chi connectivity index (χ3v) is 3.38. The molecule has 1 aromatic carbocycles. The lowest BCUT2D eigenvalue weighted by Crippen LogP contribution is -1.99. The van der Waals surface area contributed by atoms with Gasteiger partial charge in [-0.15, -0.1) is 0 Å². The maximum absolute atomic E-state index is 11.0. The van der Waals surface area contributed by atoms with E-state index in [4.69, 9.17) is 9.84 Å². The minimum atomic E-state index is -1.06. The molecule has 0 aliphatic carbocycles. The van der Waals surface area contributed by atoms with Crippen molar-refractivity contribution in [3.8, 4) is 17.0 Å². The fourth-order valence-corrected chi connectivity index (χ4v) is 2.56. The van der Waals surface area contributed by atoms with Gasteiger partial charge in [0.05, 0.1) is 16.8 Å². The van der Waals surface area contributed by atoms with Gasteiger partial charge in [0.25, 0.3) is 0 Å². The summed E-state index contributed by atoms with van der Waals surface area (Å²) in [5.41, 5.74) is 1.60. The van der Waals surface area contributed by atoms with Crippen LogP contribution < -0.4 is 4.74 Å². The molecule has 19 heavy (non-hydrogen) atoms. The highest BCUT2D eigenvalue weighted by Gasteiger charge is 2.20. The number of rotatable bonds is 4. The van der Waals surface area contributed by atoms with Gasteiger partial charge in [-0.25, -0.2) is 4.79 Å². The largest absolute Gasteiger partial charge is 0.494 e. The number of nitrogens with zero attached hydrogens (tertiary/aromatic N) is 2. The molecule has 0 unspecified atom stereocenters. The van der Waals surface area contributed by atoms with Gasteiger partial charge in [0, 0.05) is 12.6 Å². The molecule has 0 amide bonds. The van der Waals surface area contributed by atoms with Crippen LogP contribution in [-0.4, -0.2) is 27.5 Å². The monoisotopic (exact) mass is 324 g/mol. The van der Waals surface area contributed by atoms with Crippen LogP contribution in [0.1, 0.15) is 17.4 Å². The minimum absolute atomic E-state index is 0.00591. The van der Waals surface area contributed by atoms with E-state index in [1.807, 2.05) is 31.2 Å².